The number of carbonyl (C=O) groups is 2. The van der Waals surface area contributed by atoms with Gasteiger partial charge in [0.05, 0.1) is 11.8 Å². The van der Waals surface area contributed by atoms with Crippen LogP contribution in [0.25, 0.3) is 0 Å². The molecule has 1 heterocycles. The van der Waals surface area contributed by atoms with Gasteiger partial charge in [-0.3, -0.25) is 9.59 Å². The number of carboxylic acid groups (broad SMARTS) is 1. The number of anilines is 1. The molecule has 1 aliphatic carbocycles. The minimum Gasteiger partial charge on any atom is -0.481 e. The number of aliphatic carboxylic acids is 1. The molecule has 0 spiro atoms. The van der Waals surface area contributed by atoms with Gasteiger partial charge in [0.25, 0.3) is 0 Å². The lowest BCUT2D eigenvalue weighted by Crippen LogP contribution is -2.44. The van der Waals surface area contributed by atoms with Crippen molar-refractivity contribution >= 4 is 17.6 Å². The average Bonchev–Trinajstić information content (AvgIpc) is 2.53. The van der Waals surface area contributed by atoms with Gasteiger partial charge in [0.1, 0.15) is 0 Å². The molecule has 0 aromatic heterocycles. The van der Waals surface area contributed by atoms with E-state index in [9.17, 15) is 14.7 Å². The molecule has 1 fully saturated rings. The third-order valence-corrected chi connectivity index (χ3v) is 4.78. The third-order valence-electron chi connectivity index (χ3n) is 4.78. The smallest absolute Gasteiger partial charge is 0.307 e. The summed E-state index contributed by atoms with van der Waals surface area (Å²) in [6, 6.07) is 7.97. The van der Waals surface area contributed by atoms with Crippen LogP contribution in [0, 0.1) is 11.8 Å². The molecule has 21 heavy (non-hydrogen) atoms. The SMILES string of the molecule is O=C(O)[C@@H]1CCCC[C@@H]1C(=O)N1CCCc2ccccc21. The fourth-order valence-electron chi connectivity index (χ4n) is 3.68. The molecule has 1 saturated carbocycles. The number of hydrogen-bond acceptors (Lipinski definition) is 2. The zero-order valence-corrected chi connectivity index (χ0v) is 12.1. The number of hydrogen-bond donors (Lipinski definition) is 1. The Hall–Kier alpha value is -1.84. The number of rotatable bonds is 2. The highest BCUT2D eigenvalue weighted by Gasteiger charge is 2.38. The first-order chi connectivity index (χ1) is 10.2. The summed E-state index contributed by atoms with van der Waals surface area (Å²) in [5.41, 5.74) is 2.17. The first-order valence-electron chi connectivity index (χ1n) is 7.80. The molecule has 2 atom stereocenters. The Kier molecular flexibility index (Phi) is 3.95. The van der Waals surface area contributed by atoms with Crippen LogP contribution < -0.4 is 4.90 Å². The maximum absolute atomic E-state index is 12.9. The van der Waals surface area contributed by atoms with Gasteiger partial charge in [-0.2, -0.15) is 0 Å². The molecule has 3 rings (SSSR count). The molecule has 2 aliphatic rings. The first kappa shape index (κ1) is 14.1. The van der Waals surface area contributed by atoms with Gasteiger partial charge in [0.15, 0.2) is 0 Å². The third kappa shape index (κ3) is 2.67. The molecule has 112 valence electrons. The van der Waals surface area contributed by atoms with Crippen LogP contribution in [0.4, 0.5) is 5.69 Å². The van der Waals surface area contributed by atoms with Gasteiger partial charge in [0.2, 0.25) is 5.91 Å². The molecule has 4 nitrogen and oxygen atoms in total. The van der Waals surface area contributed by atoms with E-state index in [1.165, 1.54) is 5.56 Å². The van der Waals surface area contributed by atoms with E-state index in [0.717, 1.165) is 31.4 Å². The summed E-state index contributed by atoms with van der Waals surface area (Å²) in [5, 5.41) is 9.38. The second-order valence-corrected chi connectivity index (χ2v) is 6.06. The van der Waals surface area contributed by atoms with Crippen LogP contribution >= 0.6 is 0 Å². The number of carbonyl (C=O) groups excluding carboxylic acids is 1. The van der Waals surface area contributed by atoms with Crippen LogP contribution in [0.2, 0.25) is 0 Å². The molecule has 0 saturated heterocycles. The van der Waals surface area contributed by atoms with Crippen LogP contribution in [-0.4, -0.2) is 23.5 Å². The van der Waals surface area contributed by atoms with E-state index >= 15 is 0 Å². The summed E-state index contributed by atoms with van der Waals surface area (Å²) in [5.74, 6) is -1.68. The Morgan fingerprint density at radius 3 is 2.52 bits per heavy atom. The number of nitrogens with zero attached hydrogens (tertiary/aromatic N) is 1. The molecule has 0 radical (unpaired) electrons. The van der Waals surface area contributed by atoms with E-state index in [4.69, 9.17) is 0 Å². The quantitative estimate of drug-likeness (QED) is 0.910. The van der Waals surface area contributed by atoms with Crippen molar-refractivity contribution in [1.82, 2.24) is 0 Å². The van der Waals surface area contributed by atoms with Crippen LogP contribution in [0.1, 0.15) is 37.7 Å². The van der Waals surface area contributed by atoms with Crippen LogP contribution in [0.5, 0.6) is 0 Å². The fourth-order valence-corrected chi connectivity index (χ4v) is 3.68. The summed E-state index contributed by atoms with van der Waals surface area (Å²) in [7, 11) is 0. The van der Waals surface area contributed by atoms with Crippen molar-refractivity contribution in [3.05, 3.63) is 29.8 Å². The van der Waals surface area contributed by atoms with E-state index in [-0.39, 0.29) is 11.8 Å². The van der Waals surface area contributed by atoms with E-state index in [0.29, 0.717) is 19.4 Å². The van der Waals surface area contributed by atoms with Gasteiger partial charge in [-0.15, -0.1) is 0 Å². The molecule has 1 aromatic rings. The normalized spacial score (nSPS) is 25.2. The Morgan fingerprint density at radius 1 is 1.05 bits per heavy atom. The second kappa shape index (κ2) is 5.88. The molecular formula is C17H21NO3. The summed E-state index contributed by atoms with van der Waals surface area (Å²) >= 11 is 0. The number of aryl methyl sites for hydroxylation is 1. The van der Waals surface area contributed by atoms with Gasteiger partial charge in [0, 0.05) is 12.2 Å². The molecule has 4 heteroatoms. The zero-order chi connectivity index (χ0) is 14.8. The number of amides is 1. The minimum atomic E-state index is -0.821. The summed E-state index contributed by atoms with van der Waals surface area (Å²) in [6.45, 7) is 0.707. The van der Waals surface area contributed by atoms with Crippen LogP contribution in [-0.2, 0) is 16.0 Å². The van der Waals surface area contributed by atoms with Crippen molar-refractivity contribution in [2.75, 3.05) is 11.4 Å². The zero-order valence-electron chi connectivity index (χ0n) is 12.1. The summed E-state index contributed by atoms with van der Waals surface area (Å²) in [6.07, 6.45) is 5.14. The van der Waals surface area contributed by atoms with E-state index < -0.39 is 11.9 Å². The Bertz CT molecular complexity index is 555. The molecule has 1 aromatic carbocycles. The average molecular weight is 287 g/mol. The molecular weight excluding hydrogens is 266 g/mol. The molecule has 1 aliphatic heterocycles. The first-order valence-corrected chi connectivity index (χ1v) is 7.80. The highest BCUT2D eigenvalue weighted by Crippen LogP contribution is 2.35. The highest BCUT2D eigenvalue weighted by molar-refractivity contribution is 5.98. The van der Waals surface area contributed by atoms with Crippen LogP contribution in [0.3, 0.4) is 0 Å². The van der Waals surface area contributed by atoms with E-state index in [2.05, 4.69) is 6.07 Å². The second-order valence-electron chi connectivity index (χ2n) is 6.06. The van der Waals surface area contributed by atoms with Crippen LogP contribution in [0.15, 0.2) is 24.3 Å². The van der Waals surface area contributed by atoms with Crippen molar-refractivity contribution < 1.29 is 14.7 Å². The van der Waals surface area contributed by atoms with Crippen molar-refractivity contribution in [2.24, 2.45) is 11.8 Å². The molecule has 1 amide bonds. The van der Waals surface area contributed by atoms with Gasteiger partial charge >= 0.3 is 5.97 Å². The number of para-hydroxylation sites is 1. The standard InChI is InChI=1S/C17H21NO3/c19-16(13-8-2-3-9-14(13)17(20)21)18-11-5-7-12-6-1-4-10-15(12)18/h1,4,6,10,13-14H,2-3,5,7-9,11H2,(H,20,21)/t13-,14+/m0/s1. The molecule has 0 unspecified atom stereocenters. The van der Waals surface area contributed by atoms with Gasteiger partial charge in [-0.1, -0.05) is 31.0 Å². The van der Waals surface area contributed by atoms with Crippen molar-refractivity contribution in [2.45, 2.75) is 38.5 Å². The molecule has 0 bridgehead atoms. The Labute approximate surface area is 124 Å². The lowest BCUT2D eigenvalue weighted by Gasteiger charge is -2.35. The van der Waals surface area contributed by atoms with E-state index in [1.807, 2.05) is 23.1 Å². The summed E-state index contributed by atoms with van der Waals surface area (Å²) < 4.78 is 0. The highest BCUT2D eigenvalue weighted by atomic mass is 16.4. The lowest BCUT2D eigenvalue weighted by atomic mass is 9.78. The predicted octanol–water partition coefficient (Wildman–Crippen LogP) is 2.86. The minimum absolute atomic E-state index is 0.00856. The lowest BCUT2D eigenvalue weighted by molar-refractivity contribution is -0.148. The van der Waals surface area contributed by atoms with Gasteiger partial charge in [-0.05, 0) is 37.3 Å². The van der Waals surface area contributed by atoms with Gasteiger partial charge in [-0.25, -0.2) is 0 Å². The monoisotopic (exact) mass is 287 g/mol. The van der Waals surface area contributed by atoms with Crippen molar-refractivity contribution in [1.29, 1.82) is 0 Å². The molecule has 1 N–H and O–H groups in total. The summed E-state index contributed by atoms with van der Waals surface area (Å²) in [4.78, 5) is 26.1. The van der Waals surface area contributed by atoms with E-state index in [1.54, 1.807) is 0 Å². The Balaban J connectivity index is 1.86. The number of carboxylic acids is 1. The number of benzene rings is 1. The van der Waals surface area contributed by atoms with Crippen molar-refractivity contribution in [3.63, 3.8) is 0 Å². The topological polar surface area (TPSA) is 57.6 Å². The Morgan fingerprint density at radius 2 is 1.76 bits per heavy atom. The predicted molar refractivity (Wildman–Crippen MR) is 80.2 cm³/mol. The van der Waals surface area contributed by atoms with Gasteiger partial charge < -0.3 is 10.0 Å². The number of fused-ring (bicyclic) bond motifs is 1. The fraction of sp³-hybridized carbons (Fsp3) is 0.529. The van der Waals surface area contributed by atoms with Crippen molar-refractivity contribution in [3.8, 4) is 0 Å². The largest absolute Gasteiger partial charge is 0.481 e. The maximum atomic E-state index is 12.9. The maximum Gasteiger partial charge on any atom is 0.307 e.